The molecule has 3 nitrogen and oxygen atoms in total. The van der Waals surface area contributed by atoms with Gasteiger partial charge in [0, 0.05) is 11.8 Å². The van der Waals surface area contributed by atoms with Crippen molar-refractivity contribution in [3.8, 4) is 11.3 Å². The monoisotopic (exact) mass is 266 g/mol. The number of carbonyl (C=O) groups excluding carboxylic acids is 1. The Morgan fingerprint density at radius 1 is 1.16 bits per heavy atom. The first kappa shape index (κ1) is 13.1. The van der Waals surface area contributed by atoms with E-state index in [1.54, 1.807) is 30.3 Å². The fraction of sp³-hybridized carbons (Fsp3) is 0.0769. The van der Waals surface area contributed by atoms with Gasteiger partial charge in [-0.25, -0.2) is 0 Å². The smallest absolute Gasteiger partial charge is 0.366 e. The number of rotatable bonds is 2. The summed E-state index contributed by atoms with van der Waals surface area (Å²) in [7, 11) is 0. The van der Waals surface area contributed by atoms with E-state index in [0.29, 0.717) is 11.8 Å². The Labute approximate surface area is 106 Å². The maximum Gasteiger partial charge on any atom is 0.417 e. The highest BCUT2D eigenvalue weighted by Crippen LogP contribution is 2.31. The maximum atomic E-state index is 12.6. The van der Waals surface area contributed by atoms with Crippen molar-refractivity contribution < 1.29 is 18.0 Å². The van der Waals surface area contributed by atoms with Crippen LogP contribution in [0.4, 0.5) is 13.2 Å². The number of primary amides is 1. The first-order valence-electron chi connectivity index (χ1n) is 5.32. The van der Waals surface area contributed by atoms with E-state index in [-0.39, 0.29) is 11.3 Å². The normalized spacial score (nSPS) is 11.3. The van der Waals surface area contributed by atoms with Gasteiger partial charge in [-0.15, -0.1) is 0 Å². The van der Waals surface area contributed by atoms with Gasteiger partial charge < -0.3 is 5.73 Å². The number of benzene rings is 1. The molecule has 19 heavy (non-hydrogen) atoms. The van der Waals surface area contributed by atoms with E-state index in [2.05, 4.69) is 4.98 Å². The summed E-state index contributed by atoms with van der Waals surface area (Å²) in [6, 6.07) is 9.14. The Bertz CT molecular complexity index is 609. The minimum Gasteiger partial charge on any atom is -0.366 e. The van der Waals surface area contributed by atoms with Crippen LogP contribution >= 0.6 is 0 Å². The number of hydrogen-bond donors (Lipinski definition) is 1. The first-order valence-corrected chi connectivity index (χ1v) is 5.32. The molecule has 0 bridgehead atoms. The number of nitrogens with two attached hydrogens (primary N) is 1. The molecule has 1 heterocycles. The Kier molecular flexibility index (Phi) is 3.25. The van der Waals surface area contributed by atoms with Crippen molar-refractivity contribution >= 4 is 5.91 Å². The quantitative estimate of drug-likeness (QED) is 0.908. The van der Waals surface area contributed by atoms with Crippen LogP contribution in [-0.2, 0) is 6.18 Å². The number of amides is 1. The van der Waals surface area contributed by atoms with Gasteiger partial charge in [0.05, 0.1) is 16.8 Å². The molecular weight excluding hydrogens is 257 g/mol. The fourth-order valence-electron chi connectivity index (χ4n) is 1.63. The SMILES string of the molecule is NC(=O)c1cc(C(F)(F)F)cnc1-c1ccccc1. The molecular formula is C13H9F3N2O. The van der Waals surface area contributed by atoms with Crippen LogP contribution in [0.25, 0.3) is 11.3 Å². The van der Waals surface area contributed by atoms with Crippen LogP contribution in [0.3, 0.4) is 0 Å². The van der Waals surface area contributed by atoms with E-state index in [4.69, 9.17) is 5.73 Å². The summed E-state index contributed by atoms with van der Waals surface area (Å²) in [5.74, 6) is -0.947. The summed E-state index contributed by atoms with van der Waals surface area (Å²) in [6.45, 7) is 0. The van der Waals surface area contributed by atoms with Gasteiger partial charge in [0.15, 0.2) is 0 Å². The number of carbonyl (C=O) groups is 1. The van der Waals surface area contributed by atoms with Crippen molar-refractivity contribution in [3.63, 3.8) is 0 Å². The van der Waals surface area contributed by atoms with E-state index in [1.807, 2.05) is 0 Å². The second-order valence-corrected chi connectivity index (χ2v) is 3.85. The largest absolute Gasteiger partial charge is 0.417 e. The number of hydrogen-bond acceptors (Lipinski definition) is 2. The number of aromatic nitrogens is 1. The zero-order valence-electron chi connectivity index (χ0n) is 9.61. The van der Waals surface area contributed by atoms with Gasteiger partial charge in [-0.05, 0) is 6.07 Å². The highest BCUT2D eigenvalue weighted by molar-refractivity contribution is 5.98. The molecule has 0 atom stereocenters. The average molecular weight is 266 g/mol. The third-order valence-electron chi connectivity index (χ3n) is 2.53. The second-order valence-electron chi connectivity index (χ2n) is 3.85. The van der Waals surface area contributed by atoms with Crippen molar-refractivity contribution in [1.29, 1.82) is 0 Å². The molecule has 6 heteroatoms. The van der Waals surface area contributed by atoms with Crippen LogP contribution in [0.2, 0.25) is 0 Å². The Hall–Kier alpha value is -2.37. The minimum absolute atomic E-state index is 0.140. The zero-order chi connectivity index (χ0) is 14.0. The molecule has 0 aliphatic heterocycles. The van der Waals surface area contributed by atoms with Gasteiger partial charge >= 0.3 is 6.18 Å². The molecule has 98 valence electrons. The van der Waals surface area contributed by atoms with E-state index in [1.165, 1.54) is 0 Å². The van der Waals surface area contributed by atoms with Crippen molar-refractivity contribution in [3.05, 3.63) is 53.7 Å². The molecule has 0 fully saturated rings. The van der Waals surface area contributed by atoms with Crippen LogP contribution in [0.15, 0.2) is 42.6 Å². The molecule has 0 radical (unpaired) electrons. The summed E-state index contributed by atoms with van der Waals surface area (Å²) in [4.78, 5) is 15.0. The summed E-state index contributed by atoms with van der Waals surface area (Å²) >= 11 is 0. The Balaban J connectivity index is 2.61. The molecule has 2 rings (SSSR count). The summed E-state index contributed by atoms with van der Waals surface area (Å²) < 4.78 is 37.7. The number of halogens is 3. The molecule has 0 saturated heterocycles. The lowest BCUT2D eigenvalue weighted by Crippen LogP contribution is -2.16. The molecule has 0 saturated carbocycles. The van der Waals surface area contributed by atoms with E-state index >= 15 is 0 Å². The minimum atomic E-state index is -4.56. The maximum absolute atomic E-state index is 12.6. The van der Waals surface area contributed by atoms with E-state index in [9.17, 15) is 18.0 Å². The lowest BCUT2D eigenvalue weighted by atomic mass is 10.0. The zero-order valence-corrected chi connectivity index (χ0v) is 9.61. The van der Waals surface area contributed by atoms with E-state index < -0.39 is 17.6 Å². The van der Waals surface area contributed by atoms with Crippen LogP contribution in [0.1, 0.15) is 15.9 Å². The van der Waals surface area contributed by atoms with E-state index in [0.717, 1.165) is 6.07 Å². The highest BCUT2D eigenvalue weighted by Gasteiger charge is 2.32. The lowest BCUT2D eigenvalue weighted by molar-refractivity contribution is -0.137. The third-order valence-corrected chi connectivity index (χ3v) is 2.53. The molecule has 1 amide bonds. The van der Waals surface area contributed by atoms with Gasteiger partial charge in [-0.2, -0.15) is 13.2 Å². The molecule has 0 aliphatic rings. The molecule has 2 aromatic rings. The van der Waals surface area contributed by atoms with Crippen LogP contribution in [-0.4, -0.2) is 10.9 Å². The predicted molar refractivity (Wildman–Crippen MR) is 63.2 cm³/mol. The molecule has 0 aliphatic carbocycles. The molecule has 1 aromatic heterocycles. The third kappa shape index (κ3) is 2.73. The van der Waals surface area contributed by atoms with Crippen molar-refractivity contribution in [2.24, 2.45) is 5.73 Å². The van der Waals surface area contributed by atoms with Gasteiger partial charge in [0.25, 0.3) is 5.91 Å². The second kappa shape index (κ2) is 4.72. The van der Waals surface area contributed by atoms with Gasteiger partial charge in [0.1, 0.15) is 0 Å². The molecule has 2 N–H and O–H groups in total. The lowest BCUT2D eigenvalue weighted by Gasteiger charge is -2.10. The summed E-state index contributed by atoms with van der Waals surface area (Å²) in [6.07, 6.45) is -3.87. The number of nitrogens with zero attached hydrogens (tertiary/aromatic N) is 1. The van der Waals surface area contributed by atoms with Crippen molar-refractivity contribution in [2.45, 2.75) is 6.18 Å². The van der Waals surface area contributed by atoms with Crippen LogP contribution < -0.4 is 5.73 Å². The fourth-order valence-corrected chi connectivity index (χ4v) is 1.63. The summed E-state index contributed by atoms with van der Waals surface area (Å²) in [5.41, 5.74) is 4.54. The number of pyridine rings is 1. The molecule has 0 spiro atoms. The van der Waals surface area contributed by atoms with Gasteiger partial charge in [-0.1, -0.05) is 30.3 Å². The number of alkyl halides is 3. The predicted octanol–water partition coefficient (Wildman–Crippen LogP) is 2.87. The Morgan fingerprint density at radius 2 is 1.79 bits per heavy atom. The Morgan fingerprint density at radius 3 is 2.32 bits per heavy atom. The highest BCUT2D eigenvalue weighted by atomic mass is 19.4. The molecule has 0 unspecified atom stereocenters. The van der Waals surface area contributed by atoms with Crippen LogP contribution in [0.5, 0.6) is 0 Å². The van der Waals surface area contributed by atoms with Crippen molar-refractivity contribution in [1.82, 2.24) is 4.98 Å². The van der Waals surface area contributed by atoms with Crippen LogP contribution in [0, 0.1) is 0 Å². The average Bonchev–Trinajstić information content (AvgIpc) is 2.38. The van der Waals surface area contributed by atoms with Gasteiger partial charge in [-0.3, -0.25) is 9.78 Å². The first-order chi connectivity index (χ1) is 8.89. The van der Waals surface area contributed by atoms with Gasteiger partial charge in [0.2, 0.25) is 0 Å². The topological polar surface area (TPSA) is 56.0 Å². The van der Waals surface area contributed by atoms with Crippen molar-refractivity contribution in [2.75, 3.05) is 0 Å². The standard InChI is InChI=1S/C13H9F3N2O/c14-13(15,16)9-6-10(12(17)19)11(18-7-9)8-4-2-1-3-5-8/h1-7H,(H2,17,19). The summed E-state index contributed by atoms with van der Waals surface area (Å²) in [5, 5.41) is 0. The molecule has 1 aromatic carbocycles.